The minimum Gasteiger partial charge on any atom is -0.481 e. The highest BCUT2D eigenvalue weighted by atomic mass is 19.1. The van der Waals surface area contributed by atoms with Gasteiger partial charge < -0.3 is 10.0 Å². The van der Waals surface area contributed by atoms with E-state index in [0.717, 1.165) is 17.7 Å². The van der Waals surface area contributed by atoms with Crippen LogP contribution in [0.5, 0.6) is 0 Å². The standard InChI is InChI=1S/C22H26F2N2O4/c1-11(4-7-16(27)28)25-9-8-15(20(25)29)26-19-14(23)10-13(12-5-6-12)18(24)17(19)22(2,3)21(26)30/h10-12,15H,4-9H2,1-3H3,(H,27,28)/t11-,15+/m1/s1. The monoisotopic (exact) mass is 420 g/mol. The maximum atomic E-state index is 15.4. The van der Waals surface area contributed by atoms with Gasteiger partial charge in [0.15, 0.2) is 0 Å². The third-order valence-electron chi connectivity index (χ3n) is 6.69. The average Bonchev–Trinajstić information content (AvgIpc) is 3.41. The predicted octanol–water partition coefficient (Wildman–Crippen LogP) is 3.32. The SMILES string of the molecule is C[C@H](CCC(=O)O)N1CC[C@H](N2C(=O)C(C)(C)c3c(F)c(C4CC4)cc(F)c32)C1=O. The number of carboxylic acids is 1. The second-order valence-electron chi connectivity index (χ2n) is 9.18. The van der Waals surface area contributed by atoms with Crippen LogP contribution in [0.25, 0.3) is 0 Å². The lowest BCUT2D eigenvalue weighted by atomic mass is 9.84. The fourth-order valence-corrected chi connectivity index (χ4v) is 4.79. The summed E-state index contributed by atoms with van der Waals surface area (Å²) in [6, 6.07) is -0.0474. The Morgan fingerprint density at radius 2 is 1.93 bits per heavy atom. The lowest BCUT2D eigenvalue weighted by Crippen LogP contribution is -2.48. The van der Waals surface area contributed by atoms with Crippen molar-refractivity contribution in [3.8, 4) is 0 Å². The molecule has 8 heteroatoms. The molecule has 2 fully saturated rings. The molecule has 2 heterocycles. The number of halogens is 2. The molecule has 1 saturated carbocycles. The zero-order chi connectivity index (χ0) is 22.0. The number of anilines is 1. The topological polar surface area (TPSA) is 77.9 Å². The summed E-state index contributed by atoms with van der Waals surface area (Å²) in [5, 5.41) is 8.89. The molecule has 0 bridgehead atoms. The number of fused-ring (bicyclic) bond motifs is 1. The molecule has 3 aliphatic rings. The van der Waals surface area contributed by atoms with Gasteiger partial charge in [0, 0.05) is 24.6 Å². The Balaban J connectivity index is 1.68. The first-order chi connectivity index (χ1) is 14.1. The molecule has 1 aromatic carbocycles. The summed E-state index contributed by atoms with van der Waals surface area (Å²) in [5.74, 6) is -3.00. The van der Waals surface area contributed by atoms with Gasteiger partial charge >= 0.3 is 5.97 Å². The number of hydrogen-bond donors (Lipinski definition) is 1. The molecule has 162 valence electrons. The van der Waals surface area contributed by atoms with Crippen LogP contribution in [0.1, 0.15) is 69.9 Å². The number of benzene rings is 1. The van der Waals surface area contributed by atoms with E-state index < -0.39 is 35.0 Å². The summed E-state index contributed by atoms with van der Waals surface area (Å²) in [5.41, 5.74) is -1.03. The van der Waals surface area contributed by atoms with Crippen LogP contribution in [0.4, 0.5) is 14.5 Å². The van der Waals surface area contributed by atoms with Gasteiger partial charge in [-0.15, -0.1) is 0 Å². The number of aliphatic carboxylic acids is 1. The van der Waals surface area contributed by atoms with E-state index in [1.165, 1.54) is 6.07 Å². The number of carbonyl (C=O) groups is 3. The van der Waals surface area contributed by atoms with Crippen molar-refractivity contribution in [2.75, 3.05) is 11.4 Å². The molecule has 1 N–H and O–H groups in total. The number of likely N-dealkylation sites (tertiary alicyclic amines) is 1. The van der Waals surface area contributed by atoms with Crippen LogP contribution < -0.4 is 4.90 Å². The van der Waals surface area contributed by atoms with E-state index in [2.05, 4.69) is 0 Å². The van der Waals surface area contributed by atoms with Crippen molar-refractivity contribution >= 4 is 23.5 Å². The molecular formula is C22H26F2N2O4. The van der Waals surface area contributed by atoms with E-state index >= 15 is 8.78 Å². The van der Waals surface area contributed by atoms with Crippen LogP contribution >= 0.6 is 0 Å². The van der Waals surface area contributed by atoms with E-state index in [0.29, 0.717) is 18.5 Å². The number of hydrogen-bond acceptors (Lipinski definition) is 3. The van der Waals surface area contributed by atoms with Gasteiger partial charge in [0.05, 0.1) is 11.1 Å². The molecule has 0 radical (unpaired) electrons. The second kappa shape index (κ2) is 7.03. The second-order valence-corrected chi connectivity index (χ2v) is 9.18. The Morgan fingerprint density at radius 3 is 2.53 bits per heavy atom. The Morgan fingerprint density at radius 1 is 1.27 bits per heavy atom. The minimum atomic E-state index is -1.27. The molecule has 0 unspecified atom stereocenters. The quantitative estimate of drug-likeness (QED) is 0.766. The lowest BCUT2D eigenvalue weighted by molar-refractivity contribution is -0.138. The number of nitrogens with zero attached hydrogens (tertiary/aromatic N) is 2. The minimum absolute atomic E-state index is 0.0107. The van der Waals surface area contributed by atoms with Crippen LogP contribution in [-0.4, -0.2) is 46.4 Å². The first-order valence-corrected chi connectivity index (χ1v) is 10.4. The number of rotatable bonds is 6. The van der Waals surface area contributed by atoms with Gasteiger partial charge in [0.1, 0.15) is 17.7 Å². The number of amides is 2. The Kier molecular flexibility index (Phi) is 4.86. The van der Waals surface area contributed by atoms with Crippen molar-refractivity contribution in [1.29, 1.82) is 0 Å². The van der Waals surface area contributed by atoms with Gasteiger partial charge in [0.25, 0.3) is 0 Å². The van der Waals surface area contributed by atoms with Crippen molar-refractivity contribution in [2.24, 2.45) is 0 Å². The van der Waals surface area contributed by atoms with Gasteiger partial charge in [-0.25, -0.2) is 8.78 Å². The molecule has 1 aromatic rings. The van der Waals surface area contributed by atoms with Gasteiger partial charge in [-0.1, -0.05) is 0 Å². The predicted molar refractivity (Wildman–Crippen MR) is 105 cm³/mol. The van der Waals surface area contributed by atoms with Crippen molar-refractivity contribution < 1.29 is 28.3 Å². The van der Waals surface area contributed by atoms with Crippen LogP contribution in [0.15, 0.2) is 6.07 Å². The maximum Gasteiger partial charge on any atom is 0.303 e. The normalized spacial score (nSPS) is 23.8. The van der Waals surface area contributed by atoms with Crippen molar-refractivity contribution in [1.82, 2.24) is 4.90 Å². The number of carboxylic acid groups (broad SMARTS) is 1. The summed E-state index contributed by atoms with van der Waals surface area (Å²) in [7, 11) is 0. The largest absolute Gasteiger partial charge is 0.481 e. The summed E-state index contributed by atoms with van der Waals surface area (Å²) >= 11 is 0. The smallest absolute Gasteiger partial charge is 0.303 e. The Hall–Kier alpha value is -2.51. The van der Waals surface area contributed by atoms with Crippen LogP contribution in [0.3, 0.4) is 0 Å². The van der Waals surface area contributed by atoms with E-state index in [1.54, 1.807) is 25.7 Å². The van der Waals surface area contributed by atoms with Crippen molar-refractivity contribution in [3.63, 3.8) is 0 Å². The molecule has 0 aromatic heterocycles. The molecule has 30 heavy (non-hydrogen) atoms. The Labute approximate surface area is 173 Å². The van der Waals surface area contributed by atoms with Crippen molar-refractivity contribution in [2.45, 2.75) is 76.3 Å². The van der Waals surface area contributed by atoms with Crippen molar-refractivity contribution in [3.05, 3.63) is 28.8 Å². The molecule has 6 nitrogen and oxygen atoms in total. The third-order valence-corrected chi connectivity index (χ3v) is 6.69. The molecule has 0 spiro atoms. The summed E-state index contributed by atoms with van der Waals surface area (Å²) in [6.07, 6.45) is 2.12. The van der Waals surface area contributed by atoms with Gasteiger partial charge in [-0.2, -0.15) is 0 Å². The average molecular weight is 420 g/mol. The van der Waals surface area contributed by atoms with Gasteiger partial charge in [-0.3, -0.25) is 19.3 Å². The maximum absolute atomic E-state index is 15.4. The molecule has 2 amide bonds. The van der Waals surface area contributed by atoms with Gasteiger partial charge in [-0.05, 0) is 64.0 Å². The lowest BCUT2D eigenvalue weighted by Gasteiger charge is -2.28. The van der Waals surface area contributed by atoms with Crippen LogP contribution in [-0.2, 0) is 19.8 Å². The molecule has 1 aliphatic carbocycles. The fraction of sp³-hybridized carbons (Fsp3) is 0.591. The number of carbonyl (C=O) groups excluding carboxylic acids is 2. The molecular weight excluding hydrogens is 394 g/mol. The Bertz CT molecular complexity index is 942. The van der Waals surface area contributed by atoms with E-state index in [1.807, 2.05) is 0 Å². The van der Waals surface area contributed by atoms with E-state index in [-0.39, 0.29) is 42.0 Å². The molecule has 4 rings (SSSR count). The highest BCUT2D eigenvalue weighted by Crippen LogP contribution is 2.51. The highest BCUT2D eigenvalue weighted by Gasteiger charge is 2.54. The van der Waals surface area contributed by atoms with Gasteiger partial charge in [0.2, 0.25) is 11.8 Å². The zero-order valence-electron chi connectivity index (χ0n) is 17.4. The van der Waals surface area contributed by atoms with E-state index in [4.69, 9.17) is 5.11 Å². The highest BCUT2D eigenvalue weighted by molar-refractivity contribution is 6.12. The summed E-state index contributed by atoms with van der Waals surface area (Å²) in [4.78, 5) is 39.9. The zero-order valence-corrected chi connectivity index (χ0v) is 17.4. The first-order valence-electron chi connectivity index (χ1n) is 10.4. The molecule has 1 saturated heterocycles. The molecule has 2 aliphatic heterocycles. The third kappa shape index (κ3) is 3.08. The summed E-state index contributed by atoms with van der Waals surface area (Å²) < 4.78 is 30.5. The van der Waals surface area contributed by atoms with E-state index in [9.17, 15) is 14.4 Å². The fourth-order valence-electron chi connectivity index (χ4n) is 4.79. The van der Waals surface area contributed by atoms with Crippen LogP contribution in [0.2, 0.25) is 0 Å². The van der Waals surface area contributed by atoms with Crippen LogP contribution in [0, 0.1) is 11.6 Å². The summed E-state index contributed by atoms with van der Waals surface area (Å²) in [6.45, 7) is 5.24. The first kappa shape index (κ1) is 20.8. The molecule has 2 atom stereocenters.